The highest BCUT2D eigenvalue weighted by Gasteiger charge is 2.35. The third kappa shape index (κ3) is 3.82. The molecule has 0 radical (unpaired) electrons. The van der Waals surface area contributed by atoms with Crippen LogP contribution in [0.15, 0.2) is 9.42 Å². The van der Waals surface area contributed by atoms with E-state index in [1.807, 2.05) is 0 Å². The van der Waals surface area contributed by atoms with Crippen molar-refractivity contribution in [3.8, 4) is 0 Å². The largest absolute Gasteiger partial charge is 0.360 e. The predicted octanol–water partition coefficient (Wildman–Crippen LogP) is -0.00626. The first-order valence-electron chi connectivity index (χ1n) is 6.52. The fourth-order valence-corrected chi connectivity index (χ4v) is 4.72. The molecule has 1 fully saturated rings. The lowest BCUT2D eigenvalue weighted by Gasteiger charge is -2.19. The normalized spacial score (nSPS) is 16.6. The van der Waals surface area contributed by atoms with Crippen molar-refractivity contribution < 1.29 is 21.4 Å². The van der Waals surface area contributed by atoms with Gasteiger partial charge in [0.1, 0.15) is 10.6 Å². The fraction of sp³-hybridized carbons (Fsp3) is 0.727. The number of aryl methyl sites for hydroxylation is 2. The van der Waals surface area contributed by atoms with Crippen LogP contribution in [-0.4, -0.2) is 51.7 Å². The Hall–Kier alpha value is -0.970. The molecule has 0 saturated heterocycles. The molecule has 8 nitrogen and oxygen atoms in total. The molecule has 0 bridgehead atoms. The molecule has 1 saturated carbocycles. The molecule has 1 aliphatic rings. The van der Waals surface area contributed by atoms with E-state index in [0.717, 1.165) is 19.1 Å². The Labute approximate surface area is 124 Å². The van der Waals surface area contributed by atoms with Crippen molar-refractivity contribution in [1.29, 1.82) is 0 Å². The quantitative estimate of drug-likeness (QED) is 0.749. The molecule has 0 unspecified atom stereocenters. The Morgan fingerprint density at radius 3 is 2.33 bits per heavy atom. The Morgan fingerprint density at radius 2 is 1.90 bits per heavy atom. The lowest BCUT2D eigenvalue weighted by molar-refractivity contribution is 0.390. The van der Waals surface area contributed by atoms with Gasteiger partial charge in [-0.25, -0.2) is 21.6 Å². The minimum Gasteiger partial charge on any atom is -0.360 e. The van der Waals surface area contributed by atoms with Crippen molar-refractivity contribution in [1.82, 2.24) is 14.2 Å². The molecule has 1 aliphatic carbocycles. The second-order valence-corrected chi connectivity index (χ2v) is 8.79. The molecular weight excluding hydrogens is 318 g/mol. The van der Waals surface area contributed by atoms with E-state index < -0.39 is 20.0 Å². The number of nitrogens with one attached hydrogen (secondary N) is 1. The van der Waals surface area contributed by atoms with Crippen LogP contribution in [0.1, 0.15) is 24.3 Å². The van der Waals surface area contributed by atoms with Crippen LogP contribution < -0.4 is 4.72 Å². The van der Waals surface area contributed by atoms with Crippen molar-refractivity contribution in [3.63, 3.8) is 0 Å². The van der Waals surface area contributed by atoms with Crippen molar-refractivity contribution >= 4 is 20.0 Å². The summed E-state index contributed by atoms with van der Waals surface area (Å²) in [6.45, 7) is 3.18. The first-order chi connectivity index (χ1) is 9.63. The molecule has 10 heteroatoms. The van der Waals surface area contributed by atoms with Crippen LogP contribution in [-0.2, 0) is 20.0 Å². The minimum absolute atomic E-state index is 0.00330. The van der Waals surface area contributed by atoms with Gasteiger partial charge in [0.15, 0.2) is 5.76 Å². The summed E-state index contributed by atoms with van der Waals surface area (Å²) >= 11 is 0. The first-order valence-corrected chi connectivity index (χ1v) is 9.85. The third-order valence-electron chi connectivity index (χ3n) is 3.24. The average molecular weight is 337 g/mol. The number of hydrogen-bond donors (Lipinski definition) is 1. The zero-order valence-electron chi connectivity index (χ0n) is 12.2. The average Bonchev–Trinajstić information content (AvgIpc) is 3.09. The van der Waals surface area contributed by atoms with Crippen molar-refractivity contribution in [3.05, 3.63) is 11.5 Å². The van der Waals surface area contributed by atoms with Gasteiger partial charge in [0.25, 0.3) is 0 Å². The Morgan fingerprint density at radius 1 is 1.29 bits per heavy atom. The van der Waals surface area contributed by atoms with Gasteiger partial charge in [0.2, 0.25) is 20.0 Å². The van der Waals surface area contributed by atoms with Gasteiger partial charge in [-0.15, -0.1) is 0 Å². The highest BCUT2D eigenvalue weighted by molar-refractivity contribution is 7.89. The maximum atomic E-state index is 12.2. The number of hydrogen-bond acceptors (Lipinski definition) is 6. The Bertz CT molecular complexity index is 700. The van der Waals surface area contributed by atoms with E-state index in [1.54, 1.807) is 0 Å². The zero-order valence-corrected chi connectivity index (χ0v) is 13.8. The van der Waals surface area contributed by atoms with E-state index in [4.69, 9.17) is 4.52 Å². The molecule has 2 rings (SSSR count). The van der Waals surface area contributed by atoms with Gasteiger partial charge in [0, 0.05) is 19.1 Å². The zero-order chi connectivity index (χ0) is 15.8. The van der Waals surface area contributed by atoms with E-state index in [2.05, 4.69) is 9.88 Å². The SMILES string of the molecule is Cc1noc(C)c1S(=O)(=O)NCCN(C1CC1)S(C)(=O)=O. The summed E-state index contributed by atoms with van der Waals surface area (Å²) in [6, 6.07) is 0.00330. The van der Waals surface area contributed by atoms with Crippen molar-refractivity contribution in [2.45, 2.75) is 37.6 Å². The van der Waals surface area contributed by atoms with Crippen LogP contribution in [0, 0.1) is 13.8 Å². The van der Waals surface area contributed by atoms with E-state index in [9.17, 15) is 16.8 Å². The van der Waals surface area contributed by atoms with Crippen LogP contribution in [0.5, 0.6) is 0 Å². The van der Waals surface area contributed by atoms with Crippen molar-refractivity contribution in [2.24, 2.45) is 0 Å². The van der Waals surface area contributed by atoms with Crippen LogP contribution >= 0.6 is 0 Å². The summed E-state index contributed by atoms with van der Waals surface area (Å²) in [5, 5.41) is 3.60. The second kappa shape index (κ2) is 5.67. The van der Waals surface area contributed by atoms with Gasteiger partial charge >= 0.3 is 0 Å². The van der Waals surface area contributed by atoms with Crippen LogP contribution in [0.2, 0.25) is 0 Å². The highest BCUT2D eigenvalue weighted by atomic mass is 32.2. The van der Waals surface area contributed by atoms with Gasteiger partial charge < -0.3 is 4.52 Å². The number of sulfonamides is 2. The smallest absolute Gasteiger partial charge is 0.246 e. The molecule has 0 aromatic carbocycles. The monoisotopic (exact) mass is 337 g/mol. The van der Waals surface area contributed by atoms with Gasteiger partial charge in [-0.3, -0.25) is 0 Å². The lowest BCUT2D eigenvalue weighted by Crippen LogP contribution is -2.39. The van der Waals surface area contributed by atoms with E-state index in [-0.39, 0.29) is 35.5 Å². The van der Waals surface area contributed by atoms with E-state index in [1.165, 1.54) is 18.2 Å². The van der Waals surface area contributed by atoms with Gasteiger partial charge in [-0.05, 0) is 26.7 Å². The summed E-state index contributed by atoms with van der Waals surface area (Å²) in [5.74, 6) is 0.210. The van der Waals surface area contributed by atoms with Crippen LogP contribution in [0.4, 0.5) is 0 Å². The standard InChI is InChI=1S/C11H19N3O5S2/c1-8-11(9(2)19-13-8)21(17,18)12-6-7-14(10-4-5-10)20(3,15)16/h10,12H,4-7H2,1-3H3. The molecule has 0 amide bonds. The molecule has 0 atom stereocenters. The molecule has 1 aromatic heterocycles. The van der Waals surface area contributed by atoms with Crippen LogP contribution in [0.3, 0.4) is 0 Å². The Kier molecular flexibility index (Phi) is 4.43. The summed E-state index contributed by atoms with van der Waals surface area (Å²) in [4.78, 5) is 0.0137. The van der Waals surface area contributed by atoms with Gasteiger partial charge in [-0.2, -0.15) is 4.31 Å². The highest BCUT2D eigenvalue weighted by Crippen LogP contribution is 2.28. The molecule has 0 aliphatic heterocycles. The molecule has 1 heterocycles. The van der Waals surface area contributed by atoms with Crippen LogP contribution in [0.25, 0.3) is 0 Å². The van der Waals surface area contributed by atoms with Gasteiger partial charge in [0.05, 0.1) is 6.26 Å². The molecular formula is C11H19N3O5S2. The number of nitrogens with zero attached hydrogens (tertiary/aromatic N) is 2. The Balaban J connectivity index is 2.03. The fourth-order valence-electron chi connectivity index (χ4n) is 2.20. The second-order valence-electron chi connectivity index (χ2n) is 5.16. The summed E-state index contributed by atoms with van der Waals surface area (Å²) in [5.41, 5.74) is 0.280. The summed E-state index contributed by atoms with van der Waals surface area (Å²) in [6.07, 6.45) is 2.78. The maximum Gasteiger partial charge on any atom is 0.246 e. The topological polar surface area (TPSA) is 110 Å². The summed E-state index contributed by atoms with van der Waals surface area (Å²) < 4.78 is 56.2. The maximum absolute atomic E-state index is 12.2. The third-order valence-corrected chi connectivity index (χ3v) is 6.28. The predicted molar refractivity (Wildman–Crippen MR) is 75.7 cm³/mol. The van der Waals surface area contributed by atoms with Crippen molar-refractivity contribution in [2.75, 3.05) is 19.3 Å². The van der Waals surface area contributed by atoms with E-state index in [0.29, 0.717) is 0 Å². The number of rotatable bonds is 7. The number of aromatic nitrogens is 1. The van der Waals surface area contributed by atoms with Gasteiger partial charge in [-0.1, -0.05) is 5.16 Å². The molecule has 1 N–H and O–H groups in total. The minimum atomic E-state index is -3.75. The molecule has 1 aromatic rings. The molecule has 21 heavy (non-hydrogen) atoms. The molecule has 120 valence electrons. The first kappa shape index (κ1) is 16.4. The molecule has 0 spiro atoms. The van der Waals surface area contributed by atoms with E-state index >= 15 is 0 Å². The summed E-state index contributed by atoms with van der Waals surface area (Å²) in [7, 11) is -7.07. The lowest BCUT2D eigenvalue weighted by atomic mass is 10.4.